The Hall–Kier alpha value is -1.58. The molecule has 8 heteroatoms. The number of esters is 1. The van der Waals surface area contributed by atoms with Crippen molar-refractivity contribution in [1.82, 2.24) is 15.2 Å². The highest BCUT2D eigenvalue weighted by Gasteiger charge is 2.26. The Bertz CT molecular complexity index is 590. The molecular formula is C18H29IN4O3. The number of piperidine rings is 1. The van der Waals surface area contributed by atoms with Crippen LogP contribution < -0.4 is 10.1 Å². The summed E-state index contributed by atoms with van der Waals surface area (Å²) < 4.78 is 10.3. The number of nitrogens with zero attached hydrogens (tertiary/aromatic N) is 3. The molecule has 146 valence electrons. The zero-order chi connectivity index (χ0) is 18.1. The summed E-state index contributed by atoms with van der Waals surface area (Å²) in [6.07, 6.45) is 3.33. The summed E-state index contributed by atoms with van der Waals surface area (Å²) in [5.41, 5.74) is 1.05. The smallest absolute Gasteiger partial charge is 0.308 e. The number of ether oxygens (including phenoxy) is 2. The van der Waals surface area contributed by atoms with Crippen molar-refractivity contribution in [3.63, 3.8) is 0 Å². The van der Waals surface area contributed by atoms with E-state index in [1.807, 2.05) is 19.1 Å². The Morgan fingerprint density at radius 1 is 1.38 bits per heavy atom. The fourth-order valence-electron chi connectivity index (χ4n) is 2.86. The first-order chi connectivity index (χ1) is 12.2. The van der Waals surface area contributed by atoms with Crippen LogP contribution in [0.25, 0.3) is 0 Å². The minimum atomic E-state index is -0.109. The lowest BCUT2D eigenvalue weighted by Gasteiger charge is -2.33. The van der Waals surface area contributed by atoms with Gasteiger partial charge in [0.1, 0.15) is 0 Å². The van der Waals surface area contributed by atoms with Gasteiger partial charge in [-0.15, -0.1) is 24.0 Å². The van der Waals surface area contributed by atoms with Crippen molar-refractivity contribution in [3.05, 3.63) is 23.9 Å². The zero-order valence-corrected chi connectivity index (χ0v) is 18.1. The molecule has 1 saturated heterocycles. The molecule has 0 amide bonds. The van der Waals surface area contributed by atoms with Crippen molar-refractivity contribution in [2.24, 2.45) is 10.9 Å². The van der Waals surface area contributed by atoms with Crippen molar-refractivity contribution < 1.29 is 14.3 Å². The topological polar surface area (TPSA) is 76.1 Å². The third-order valence-electron chi connectivity index (χ3n) is 4.17. The predicted octanol–water partition coefficient (Wildman–Crippen LogP) is 2.45. The van der Waals surface area contributed by atoms with E-state index in [-0.39, 0.29) is 35.9 Å². The number of hydrogen-bond donors (Lipinski definition) is 1. The molecule has 0 radical (unpaired) electrons. The molecule has 2 rings (SSSR count). The van der Waals surface area contributed by atoms with E-state index in [4.69, 9.17) is 14.5 Å². The molecule has 1 aliphatic heterocycles. The second kappa shape index (κ2) is 11.9. The fourth-order valence-corrected chi connectivity index (χ4v) is 2.86. The zero-order valence-electron chi connectivity index (χ0n) is 15.7. The SMILES string of the molecule is CCNC(=NCc1ccnc(OCC)c1)N1CCC(C(=O)OC)CC1.I. The molecule has 0 unspecified atom stereocenters. The monoisotopic (exact) mass is 476 g/mol. The molecule has 0 atom stereocenters. The van der Waals surface area contributed by atoms with Gasteiger partial charge < -0.3 is 19.7 Å². The van der Waals surface area contributed by atoms with Gasteiger partial charge in [-0.25, -0.2) is 9.98 Å². The van der Waals surface area contributed by atoms with Gasteiger partial charge in [0.25, 0.3) is 0 Å². The van der Waals surface area contributed by atoms with Crippen LogP contribution in [0.3, 0.4) is 0 Å². The molecule has 7 nitrogen and oxygen atoms in total. The van der Waals surface area contributed by atoms with Crippen LogP contribution in [0, 0.1) is 5.92 Å². The summed E-state index contributed by atoms with van der Waals surface area (Å²) in [5, 5.41) is 3.33. The number of carbonyl (C=O) groups is 1. The van der Waals surface area contributed by atoms with Crippen LogP contribution in [-0.4, -0.2) is 55.2 Å². The Kier molecular flexibility index (Phi) is 10.3. The standard InChI is InChI=1S/C18H28N4O3.HI/c1-4-19-18(22-10-7-15(8-11-22)17(23)24-3)21-13-14-6-9-20-16(12-14)25-5-2;/h6,9,12,15H,4-5,7-8,10-11,13H2,1-3H3,(H,19,21);1H. The molecule has 0 saturated carbocycles. The lowest BCUT2D eigenvalue weighted by molar-refractivity contribution is -0.146. The Balaban J connectivity index is 0.00000338. The number of aromatic nitrogens is 1. The number of likely N-dealkylation sites (tertiary alicyclic amines) is 1. The Morgan fingerprint density at radius 3 is 2.73 bits per heavy atom. The van der Waals surface area contributed by atoms with Crippen LogP contribution in [0.15, 0.2) is 23.3 Å². The first-order valence-electron chi connectivity index (χ1n) is 8.86. The lowest BCUT2D eigenvalue weighted by Crippen LogP contribution is -2.46. The van der Waals surface area contributed by atoms with E-state index in [0.717, 1.165) is 44.0 Å². The van der Waals surface area contributed by atoms with E-state index in [9.17, 15) is 4.79 Å². The fraction of sp³-hybridized carbons (Fsp3) is 0.611. The van der Waals surface area contributed by atoms with E-state index < -0.39 is 0 Å². The van der Waals surface area contributed by atoms with E-state index in [1.54, 1.807) is 6.20 Å². The van der Waals surface area contributed by atoms with Crippen LogP contribution in [0.1, 0.15) is 32.3 Å². The van der Waals surface area contributed by atoms with Crippen LogP contribution in [-0.2, 0) is 16.1 Å². The molecule has 1 N–H and O–H groups in total. The molecule has 0 aromatic carbocycles. The quantitative estimate of drug-likeness (QED) is 0.294. The van der Waals surface area contributed by atoms with Crippen LogP contribution in [0.2, 0.25) is 0 Å². The van der Waals surface area contributed by atoms with Crippen LogP contribution in [0.5, 0.6) is 5.88 Å². The number of hydrogen-bond acceptors (Lipinski definition) is 5. The summed E-state index contributed by atoms with van der Waals surface area (Å²) in [5.74, 6) is 1.39. The maximum absolute atomic E-state index is 11.7. The Labute approximate surface area is 172 Å². The second-order valence-electron chi connectivity index (χ2n) is 5.89. The van der Waals surface area contributed by atoms with Crippen molar-refractivity contribution in [2.75, 3.05) is 33.4 Å². The third-order valence-corrected chi connectivity index (χ3v) is 4.17. The molecule has 2 heterocycles. The van der Waals surface area contributed by atoms with E-state index in [0.29, 0.717) is 19.0 Å². The van der Waals surface area contributed by atoms with Gasteiger partial charge in [0.15, 0.2) is 5.96 Å². The average molecular weight is 476 g/mol. The summed E-state index contributed by atoms with van der Waals surface area (Å²) in [6, 6.07) is 3.86. The maximum atomic E-state index is 11.7. The van der Waals surface area contributed by atoms with Gasteiger partial charge in [-0.1, -0.05) is 0 Å². The molecule has 1 aliphatic rings. The Morgan fingerprint density at radius 2 is 2.12 bits per heavy atom. The van der Waals surface area contributed by atoms with Gasteiger partial charge in [0, 0.05) is 31.9 Å². The van der Waals surface area contributed by atoms with Gasteiger partial charge in [0.2, 0.25) is 5.88 Å². The number of rotatable bonds is 6. The molecule has 0 spiro atoms. The minimum absolute atomic E-state index is 0. The highest BCUT2D eigenvalue weighted by molar-refractivity contribution is 14.0. The number of pyridine rings is 1. The molecule has 1 aromatic heterocycles. The molecule has 1 fully saturated rings. The van der Waals surface area contributed by atoms with Crippen molar-refractivity contribution in [3.8, 4) is 5.88 Å². The third kappa shape index (κ3) is 6.62. The van der Waals surface area contributed by atoms with Crippen molar-refractivity contribution in [1.29, 1.82) is 0 Å². The molecular weight excluding hydrogens is 447 g/mol. The first-order valence-corrected chi connectivity index (χ1v) is 8.86. The first kappa shape index (κ1) is 22.5. The number of carbonyl (C=O) groups excluding carboxylic acids is 1. The molecule has 26 heavy (non-hydrogen) atoms. The van der Waals surface area contributed by atoms with E-state index >= 15 is 0 Å². The number of aliphatic imine (C=N–C) groups is 1. The van der Waals surface area contributed by atoms with Gasteiger partial charge in [0.05, 0.1) is 26.2 Å². The number of nitrogens with one attached hydrogen (secondary N) is 1. The largest absolute Gasteiger partial charge is 0.478 e. The highest BCUT2D eigenvalue weighted by atomic mass is 127. The normalized spacial score (nSPS) is 15.2. The maximum Gasteiger partial charge on any atom is 0.308 e. The van der Waals surface area contributed by atoms with Gasteiger partial charge >= 0.3 is 5.97 Å². The van der Waals surface area contributed by atoms with Crippen molar-refractivity contribution >= 4 is 35.9 Å². The average Bonchev–Trinajstić information content (AvgIpc) is 2.65. The summed E-state index contributed by atoms with van der Waals surface area (Å²) >= 11 is 0. The van der Waals surface area contributed by atoms with Crippen molar-refractivity contribution in [2.45, 2.75) is 33.2 Å². The number of halogens is 1. The highest BCUT2D eigenvalue weighted by Crippen LogP contribution is 2.19. The van der Waals surface area contributed by atoms with E-state index in [1.165, 1.54) is 7.11 Å². The summed E-state index contributed by atoms with van der Waals surface area (Å²) in [4.78, 5) is 22.8. The van der Waals surface area contributed by atoms with Crippen LogP contribution in [0.4, 0.5) is 0 Å². The van der Waals surface area contributed by atoms with E-state index in [2.05, 4.69) is 22.1 Å². The predicted molar refractivity (Wildman–Crippen MR) is 112 cm³/mol. The number of methoxy groups -OCH3 is 1. The minimum Gasteiger partial charge on any atom is -0.478 e. The lowest BCUT2D eigenvalue weighted by atomic mass is 9.97. The number of guanidine groups is 1. The summed E-state index contributed by atoms with van der Waals surface area (Å²) in [6.45, 7) is 7.54. The molecule has 1 aromatic rings. The van der Waals surface area contributed by atoms with Gasteiger partial charge in [-0.05, 0) is 38.3 Å². The van der Waals surface area contributed by atoms with Crippen LogP contribution >= 0.6 is 24.0 Å². The summed E-state index contributed by atoms with van der Waals surface area (Å²) in [7, 11) is 1.45. The van der Waals surface area contributed by atoms with Gasteiger partial charge in [-0.2, -0.15) is 0 Å². The second-order valence-corrected chi connectivity index (χ2v) is 5.89. The molecule has 0 aliphatic carbocycles. The van der Waals surface area contributed by atoms with Gasteiger partial charge in [-0.3, -0.25) is 4.79 Å². The molecule has 0 bridgehead atoms.